The lowest BCUT2D eigenvalue weighted by Crippen LogP contribution is -1.96. The first-order valence-corrected chi connectivity index (χ1v) is 21.5. The minimum Gasteiger partial charge on any atom is -0.228 e. The van der Waals surface area contributed by atoms with Gasteiger partial charge in [0.2, 0.25) is 0 Å². The molecule has 0 unspecified atom stereocenters. The molecule has 61 heavy (non-hydrogen) atoms. The second-order valence-corrected chi connectivity index (χ2v) is 16.7. The van der Waals surface area contributed by atoms with E-state index < -0.39 is 0 Å². The molecule has 0 atom stereocenters. The lowest BCUT2D eigenvalue weighted by atomic mass is 9.84. The molecule has 284 valence electrons. The molecule has 0 aliphatic carbocycles. The van der Waals surface area contributed by atoms with Gasteiger partial charge in [-0.15, -0.1) is 11.3 Å². The molecule has 2 heterocycles. The van der Waals surface area contributed by atoms with E-state index in [0.29, 0.717) is 5.82 Å². The zero-order chi connectivity index (χ0) is 40.3. The van der Waals surface area contributed by atoms with Gasteiger partial charge in [0, 0.05) is 36.9 Å². The Kier molecular flexibility index (Phi) is 8.39. The van der Waals surface area contributed by atoms with Crippen molar-refractivity contribution in [1.29, 1.82) is 0 Å². The van der Waals surface area contributed by atoms with E-state index in [2.05, 4.69) is 200 Å². The third kappa shape index (κ3) is 6.09. The van der Waals surface area contributed by atoms with Gasteiger partial charge in [-0.2, -0.15) is 0 Å². The van der Waals surface area contributed by atoms with E-state index in [9.17, 15) is 0 Å². The van der Waals surface area contributed by atoms with Gasteiger partial charge in [-0.3, -0.25) is 0 Å². The number of fused-ring (bicyclic) bond motifs is 7. The van der Waals surface area contributed by atoms with Crippen molar-refractivity contribution >= 4 is 63.8 Å². The van der Waals surface area contributed by atoms with Crippen LogP contribution in [0.4, 0.5) is 0 Å². The lowest BCUT2D eigenvalue weighted by Gasteiger charge is -2.19. The third-order valence-electron chi connectivity index (χ3n) is 12.1. The number of benzene rings is 10. The summed E-state index contributed by atoms with van der Waals surface area (Å²) in [6.45, 7) is 0. The summed E-state index contributed by atoms with van der Waals surface area (Å²) in [5.74, 6) is 0.705. The molecule has 0 aliphatic rings. The zero-order valence-corrected chi connectivity index (χ0v) is 33.9. The van der Waals surface area contributed by atoms with Crippen LogP contribution < -0.4 is 0 Å². The van der Waals surface area contributed by atoms with Gasteiger partial charge in [0.25, 0.3) is 0 Å². The second kappa shape index (κ2) is 14.5. The smallest absolute Gasteiger partial charge is 0.160 e. The summed E-state index contributed by atoms with van der Waals surface area (Å²) < 4.78 is 2.63. The largest absolute Gasteiger partial charge is 0.228 e. The highest BCUT2D eigenvalue weighted by Gasteiger charge is 2.19. The van der Waals surface area contributed by atoms with Crippen molar-refractivity contribution in [2.24, 2.45) is 0 Å². The second-order valence-electron chi connectivity index (χ2n) is 15.7. The normalized spacial score (nSPS) is 11.6. The minimum atomic E-state index is 0.705. The van der Waals surface area contributed by atoms with E-state index >= 15 is 0 Å². The van der Waals surface area contributed by atoms with Crippen molar-refractivity contribution in [3.05, 3.63) is 218 Å². The molecule has 2 nitrogen and oxygen atoms in total. The molecule has 0 aliphatic heterocycles. The standard InChI is InChI=1S/C58H36N2S/c1-3-14-41(15-4-1)56-49-21-10-9-20-48(49)55(50-34-31-38-13-7-8-18-45(38)57(50)56)42-29-27-40(28-30-42)52-36-51(59-58(60-52)43-16-5-2-6-17-43)39-25-23-37(24-26-39)44-32-33-47-46-19-11-12-22-53(46)61-54(47)35-44/h1-36H. The fraction of sp³-hybridized carbons (Fsp3) is 0. The Morgan fingerprint density at radius 1 is 0.279 bits per heavy atom. The van der Waals surface area contributed by atoms with E-state index in [1.807, 2.05) is 29.5 Å². The molecule has 0 fully saturated rings. The van der Waals surface area contributed by atoms with Crippen LogP contribution in [0.25, 0.3) is 120 Å². The SMILES string of the molecule is c1ccc(-c2nc(-c3ccc(-c4ccc5c(c4)sc4ccccc45)cc3)cc(-c3ccc(-c4c5ccccc5c(-c5ccccc5)c5c4ccc4ccccc45)cc3)n2)cc1. The van der Waals surface area contributed by atoms with E-state index in [1.54, 1.807) is 0 Å². The van der Waals surface area contributed by atoms with Crippen LogP contribution in [0.1, 0.15) is 0 Å². The van der Waals surface area contributed by atoms with Crippen LogP contribution in [0.3, 0.4) is 0 Å². The molecule has 2 aromatic heterocycles. The summed E-state index contributed by atoms with van der Waals surface area (Å²) in [5, 5.41) is 10.1. The molecule has 0 radical (unpaired) electrons. The molecule has 0 N–H and O–H groups in total. The Morgan fingerprint density at radius 3 is 1.48 bits per heavy atom. The average Bonchev–Trinajstić information content (AvgIpc) is 3.72. The minimum absolute atomic E-state index is 0.705. The lowest BCUT2D eigenvalue weighted by molar-refractivity contribution is 1.18. The van der Waals surface area contributed by atoms with Gasteiger partial charge in [0.05, 0.1) is 11.4 Å². The van der Waals surface area contributed by atoms with Crippen LogP contribution >= 0.6 is 11.3 Å². The van der Waals surface area contributed by atoms with Gasteiger partial charge in [-0.1, -0.05) is 200 Å². The van der Waals surface area contributed by atoms with Crippen LogP contribution in [0.5, 0.6) is 0 Å². The molecular formula is C58H36N2S. The molecule has 10 aromatic carbocycles. The first-order valence-electron chi connectivity index (χ1n) is 20.7. The number of rotatable bonds is 6. The van der Waals surface area contributed by atoms with Gasteiger partial charge in [0.1, 0.15) is 0 Å². The van der Waals surface area contributed by atoms with Crippen LogP contribution in [0, 0.1) is 0 Å². The van der Waals surface area contributed by atoms with Gasteiger partial charge in [0.15, 0.2) is 5.82 Å². The van der Waals surface area contributed by atoms with Crippen molar-refractivity contribution in [2.75, 3.05) is 0 Å². The molecule has 0 saturated carbocycles. The van der Waals surface area contributed by atoms with Crippen molar-refractivity contribution < 1.29 is 0 Å². The Hall–Kier alpha value is -7.72. The monoisotopic (exact) mass is 792 g/mol. The van der Waals surface area contributed by atoms with E-state index in [1.165, 1.54) is 85.9 Å². The number of hydrogen-bond donors (Lipinski definition) is 0. The van der Waals surface area contributed by atoms with Gasteiger partial charge in [-0.25, -0.2) is 9.97 Å². The Bertz CT molecular complexity index is 3610. The summed E-state index contributed by atoms with van der Waals surface area (Å²) in [7, 11) is 0. The summed E-state index contributed by atoms with van der Waals surface area (Å²) in [6.07, 6.45) is 0. The van der Waals surface area contributed by atoms with Gasteiger partial charge >= 0.3 is 0 Å². The first-order chi connectivity index (χ1) is 30.2. The summed E-state index contributed by atoms with van der Waals surface area (Å²) in [6, 6.07) is 78.7. The molecule has 3 heteroatoms. The predicted octanol–water partition coefficient (Wildman–Crippen LogP) is 16.3. The Balaban J connectivity index is 0.968. The highest BCUT2D eigenvalue weighted by molar-refractivity contribution is 7.25. The summed E-state index contributed by atoms with van der Waals surface area (Å²) in [5.41, 5.74) is 12.1. The molecule has 0 saturated heterocycles. The molecular weight excluding hydrogens is 757 g/mol. The molecule has 12 rings (SSSR count). The third-order valence-corrected chi connectivity index (χ3v) is 13.2. The maximum Gasteiger partial charge on any atom is 0.160 e. The van der Waals surface area contributed by atoms with Crippen molar-refractivity contribution in [1.82, 2.24) is 9.97 Å². The fourth-order valence-electron chi connectivity index (χ4n) is 9.17. The average molecular weight is 793 g/mol. The van der Waals surface area contributed by atoms with Crippen LogP contribution in [-0.4, -0.2) is 9.97 Å². The molecule has 0 bridgehead atoms. The summed E-state index contributed by atoms with van der Waals surface area (Å²) >= 11 is 1.85. The van der Waals surface area contributed by atoms with Gasteiger partial charge < -0.3 is 0 Å². The fourth-order valence-corrected chi connectivity index (χ4v) is 10.3. The topological polar surface area (TPSA) is 25.8 Å². The highest BCUT2D eigenvalue weighted by atomic mass is 32.1. The molecule has 12 aromatic rings. The predicted molar refractivity (Wildman–Crippen MR) is 260 cm³/mol. The van der Waals surface area contributed by atoms with Crippen LogP contribution in [0.15, 0.2) is 218 Å². The van der Waals surface area contributed by atoms with Crippen molar-refractivity contribution in [3.63, 3.8) is 0 Å². The maximum absolute atomic E-state index is 5.18. The molecule has 0 amide bonds. The summed E-state index contributed by atoms with van der Waals surface area (Å²) in [4.78, 5) is 10.3. The highest BCUT2D eigenvalue weighted by Crippen LogP contribution is 2.46. The Labute approximate surface area is 357 Å². The quantitative estimate of drug-likeness (QED) is 0.124. The van der Waals surface area contributed by atoms with Crippen molar-refractivity contribution in [3.8, 4) is 67.3 Å². The van der Waals surface area contributed by atoms with Crippen molar-refractivity contribution in [2.45, 2.75) is 0 Å². The number of hydrogen-bond acceptors (Lipinski definition) is 3. The number of aromatic nitrogens is 2. The van der Waals surface area contributed by atoms with E-state index in [4.69, 9.17) is 9.97 Å². The Morgan fingerprint density at radius 2 is 0.770 bits per heavy atom. The van der Waals surface area contributed by atoms with E-state index in [-0.39, 0.29) is 0 Å². The number of thiophene rings is 1. The zero-order valence-electron chi connectivity index (χ0n) is 33.1. The first kappa shape index (κ1) is 35.2. The van der Waals surface area contributed by atoms with Crippen LogP contribution in [-0.2, 0) is 0 Å². The maximum atomic E-state index is 5.18. The molecule has 0 spiro atoms. The van der Waals surface area contributed by atoms with Crippen LogP contribution in [0.2, 0.25) is 0 Å². The van der Waals surface area contributed by atoms with E-state index in [0.717, 1.165) is 28.1 Å². The van der Waals surface area contributed by atoms with Gasteiger partial charge in [-0.05, 0) is 83.9 Å². The number of nitrogens with zero attached hydrogens (tertiary/aromatic N) is 2.